The van der Waals surface area contributed by atoms with Gasteiger partial charge in [0.2, 0.25) is 11.9 Å². The van der Waals surface area contributed by atoms with Crippen LogP contribution in [0.1, 0.15) is 17.0 Å². The standard InChI is InChI=1S/C14H15N3O2/c1-9-6-10(2)16-14(15-9)17-13(19)8-11-4-3-5-12(18)7-11/h3-7,18H,8H2,1-2H3,(H,15,16,17,19). The predicted molar refractivity (Wildman–Crippen MR) is 71.9 cm³/mol. The largest absolute Gasteiger partial charge is 0.508 e. The summed E-state index contributed by atoms with van der Waals surface area (Å²) in [5.41, 5.74) is 2.35. The first kappa shape index (κ1) is 13.0. The molecule has 1 amide bonds. The maximum Gasteiger partial charge on any atom is 0.231 e. The van der Waals surface area contributed by atoms with Gasteiger partial charge in [-0.2, -0.15) is 0 Å². The van der Waals surface area contributed by atoms with E-state index in [0.29, 0.717) is 5.95 Å². The zero-order valence-electron chi connectivity index (χ0n) is 10.8. The van der Waals surface area contributed by atoms with Crippen LogP contribution in [-0.4, -0.2) is 21.0 Å². The van der Waals surface area contributed by atoms with Gasteiger partial charge in [-0.25, -0.2) is 9.97 Å². The highest BCUT2D eigenvalue weighted by molar-refractivity contribution is 5.90. The zero-order valence-corrected chi connectivity index (χ0v) is 10.8. The minimum Gasteiger partial charge on any atom is -0.508 e. The van der Waals surface area contributed by atoms with Gasteiger partial charge in [-0.15, -0.1) is 0 Å². The van der Waals surface area contributed by atoms with E-state index in [1.807, 2.05) is 19.9 Å². The number of hydrogen-bond donors (Lipinski definition) is 2. The molecule has 0 spiro atoms. The van der Waals surface area contributed by atoms with Gasteiger partial charge in [0.15, 0.2) is 0 Å². The number of rotatable bonds is 3. The Labute approximate surface area is 111 Å². The Kier molecular flexibility index (Phi) is 3.75. The van der Waals surface area contributed by atoms with Crippen LogP contribution in [0.3, 0.4) is 0 Å². The number of aryl methyl sites for hydroxylation is 2. The van der Waals surface area contributed by atoms with Crippen LogP contribution in [0.5, 0.6) is 5.75 Å². The Balaban J connectivity index is 2.05. The first-order valence-corrected chi connectivity index (χ1v) is 5.93. The maximum absolute atomic E-state index is 11.8. The van der Waals surface area contributed by atoms with Crippen LogP contribution in [0.2, 0.25) is 0 Å². The van der Waals surface area contributed by atoms with Crippen LogP contribution in [0.25, 0.3) is 0 Å². The molecule has 2 rings (SSSR count). The summed E-state index contributed by atoms with van der Waals surface area (Å²) in [4.78, 5) is 20.1. The lowest BCUT2D eigenvalue weighted by Crippen LogP contribution is -2.17. The van der Waals surface area contributed by atoms with Crippen molar-refractivity contribution >= 4 is 11.9 Å². The van der Waals surface area contributed by atoms with Gasteiger partial charge in [-0.3, -0.25) is 10.1 Å². The Hall–Kier alpha value is -2.43. The van der Waals surface area contributed by atoms with Crippen molar-refractivity contribution < 1.29 is 9.90 Å². The summed E-state index contributed by atoms with van der Waals surface area (Å²) < 4.78 is 0. The van der Waals surface area contributed by atoms with E-state index in [1.165, 1.54) is 0 Å². The number of nitrogens with zero attached hydrogens (tertiary/aromatic N) is 2. The van der Waals surface area contributed by atoms with E-state index in [2.05, 4.69) is 15.3 Å². The number of hydrogen-bond acceptors (Lipinski definition) is 4. The number of aromatic nitrogens is 2. The Morgan fingerprint density at radius 2 is 1.89 bits per heavy atom. The summed E-state index contributed by atoms with van der Waals surface area (Å²) in [5, 5.41) is 12.0. The van der Waals surface area contributed by atoms with Crippen LogP contribution >= 0.6 is 0 Å². The number of anilines is 1. The van der Waals surface area contributed by atoms with Crippen LogP contribution in [0.4, 0.5) is 5.95 Å². The van der Waals surface area contributed by atoms with Crippen molar-refractivity contribution in [2.45, 2.75) is 20.3 Å². The van der Waals surface area contributed by atoms with Gasteiger partial charge in [0, 0.05) is 11.4 Å². The highest BCUT2D eigenvalue weighted by atomic mass is 16.3. The smallest absolute Gasteiger partial charge is 0.231 e. The molecule has 0 saturated heterocycles. The van der Waals surface area contributed by atoms with Crippen LogP contribution in [0.15, 0.2) is 30.3 Å². The summed E-state index contributed by atoms with van der Waals surface area (Å²) in [7, 11) is 0. The second-order valence-corrected chi connectivity index (χ2v) is 4.37. The highest BCUT2D eigenvalue weighted by Gasteiger charge is 2.07. The fourth-order valence-electron chi connectivity index (χ4n) is 1.80. The summed E-state index contributed by atoms with van der Waals surface area (Å²) >= 11 is 0. The molecule has 0 unspecified atom stereocenters. The van der Waals surface area contributed by atoms with Crippen molar-refractivity contribution in [2.75, 3.05) is 5.32 Å². The molecule has 0 radical (unpaired) electrons. The lowest BCUT2D eigenvalue weighted by Gasteiger charge is -2.06. The normalized spacial score (nSPS) is 10.2. The van der Waals surface area contributed by atoms with E-state index in [9.17, 15) is 9.90 Å². The Bertz CT molecular complexity index is 591. The minimum absolute atomic E-state index is 0.146. The van der Waals surface area contributed by atoms with Crippen molar-refractivity contribution in [3.63, 3.8) is 0 Å². The molecule has 0 saturated carbocycles. The topological polar surface area (TPSA) is 75.1 Å². The van der Waals surface area contributed by atoms with E-state index < -0.39 is 0 Å². The Morgan fingerprint density at radius 1 is 1.21 bits per heavy atom. The average Bonchev–Trinajstić information content (AvgIpc) is 2.26. The molecular formula is C14H15N3O2. The van der Waals surface area contributed by atoms with Crippen molar-refractivity contribution in [2.24, 2.45) is 0 Å². The van der Waals surface area contributed by atoms with Crippen molar-refractivity contribution in [1.29, 1.82) is 0 Å². The zero-order chi connectivity index (χ0) is 13.8. The number of benzene rings is 1. The molecule has 5 heteroatoms. The van der Waals surface area contributed by atoms with Gasteiger partial charge in [0.1, 0.15) is 5.75 Å². The third-order valence-electron chi connectivity index (χ3n) is 2.51. The second-order valence-electron chi connectivity index (χ2n) is 4.37. The molecule has 1 aromatic heterocycles. The maximum atomic E-state index is 11.8. The summed E-state index contributed by atoms with van der Waals surface area (Å²) in [6.07, 6.45) is 0.171. The number of phenolic OH excluding ortho intramolecular Hbond substituents is 1. The number of aromatic hydroxyl groups is 1. The molecule has 0 bridgehead atoms. The fraction of sp³-hybridized carbons (Fsp3) is 0.214. The third kappa shape index (κ3) is 3.77. The number of phenols is 1. The van der Waals surface area contributed by atoms with E-state index in [4.69, 9.17) is 0 Å². The van der Waals surface area contributed by atoms with Gasteiger partial charge >= 0.3 is 0 Å². The number of nitrogens with one attached hydrogen (secondary N) is 1. The van der Waals surface area contributed by atoms with Crippen LogP contribution in [-0.2, 0) is 11.2 Å². The first-order chi connectivity index (χ1) is 9.02. The number of carbonyl (C=O) groups excluding carboxylic acids is 1. The second kappa shape index (κ2) is 5.48. The molecule has 2 N–H and O–H groups in total. The van der Waals surface area contributed by atoms with Gasteiger partial charge in [-0.05, 0) is 37.6 Å². The first-order valence-electron chi connectivity index (χ1n) is 5.93. The Morgan fingerprint density at radius 3 is 2.53 bits per heavy atom. The molecule has 2 aromatic rings. The molecule has 1 aromatic carbocycles. The monoisotopic (exact) mass is 257 g/mol. The molecule has 0 aliphatic carbocycles. The molecule has 1 heterocycles. The van der Waals surface area contributed by atoms with Gasteiger partial charge < -0.3 is 5.11 Å². The quantitative estimate of drug-likeness (QED) is 0.881. The summed E-state index contributed by atoms with van der Waals surface area (Å²) in [5.74, 6) is 0.242. The minimum atomic E-state index is -0.212. The number of amides is 1. The average molecular weight is 257 g/mol. The van der Waals surface area contributed by atoms with E-state index >= 15 is 0 Å². The van der Waals surface area contributed by atoms with E-state index in [-0.39, 0.29) is 18.1 Å². The SMILES string of the molecule is Cc1cc(C)nc(NC(=O)Cc2cccc(O)c2)n1. The van der Waals surface area contributed by atoms with E-state index in [1.54, 1.807) is 24.3 Å². The van der Waals surface area contributed by atoms with Crippen molar-refractivity contribution in [3.8, 4) is 5.75 Å². The lowest BCUT2D eigenvalue weighted by molar-refractivity contribution is -0.115. The molecule has 0 fully saturated rings. The van der Waals surface area contributed by atoms with Gasteiger partial charge in [0.05, 0.1) is 6.42 Å². The number of carbonyl (C=O) groups is 1. The third-order valence-corrected chi connectivity index (χ3v) is 2.51. The lowest BCUT2D eigenvalue weighted by atomic mass is 10.1. The predicted octanol–water partition coefficient (Wildman–Crippen LogP) is 1.98. The van der Waals surface area contributed by atoms with Gasteiger partial charge in [0.25, 0.3) is 0 Å². The molecular weight excluding hydrogens is 242 g/mol. The van der Waals surface area contributed by atoms with Crippen LogP contribution in [0, 0.1) is 13.8 Å². The highest BCUT2D eigenvalue weighted by Crippen LogP contribution is 2.12. The van der Waals surface area contributed by atoms with Crippen LogP contribution < -0.4 is 5.32 Å². The van der Waals surface area contributed by atoms with Crippen molar-refractivity contribution in [3.05, 3.63) is 47.3 Å². The molecule has 98 valence electrons. The van der Waals surface area contributed by atoms with Gasteiger partial charge in [-0.1, -0.05) is 12.1 Å². The molecule has 5 nitrogen and oxygen atoms in total. The van der Waals surface area contributed by atoms with E-state index in [0.717, 1.165) is 17.0 Å². The summed E-state index contributed by atoms with van der Waals surface area (Å²) in [6.45, 7) is 3.69. The molecule has 0 atom stereocenters. The molecule has 0 aliphatic rings. The summed E-state index contributed by atoms with van der Waals surface area (Å²) in [6, 6.07) is 8.44. The van der Waals surface area contributed by atoms with Crippen molar-refractivity contribution in [1.82, 2.24) is 9.97 Å². The molecule has 19 heavy (non-hydrogen) atoms. The fourth-order valence-corrected chi connectivity index (χ4v) is 1.80. The molecule has 0 aliphatic heterocycles.